The van der Waals surface area contributed by atoms with Crippen molar-refractivity contribution in [2.24, 2.45) is 0 Å². The largest absolute Gasteiger partial charge is 0.487 e. The summed E-state index contributed by atoms with van der Waals surface area (Å²) in [6.45, 7) is 9.94. The van der Waals surface area contributed by atoms with Gasteiger partial charge in [0, 0.05) is 6.42 Å². The smallest absolute Gasteiger partial charge is 0.400 e. The van der Waals surface area contributed by atoms with E-state index < -0.39 is 0 Å². The average molecular weight is 210 g/mol. The molecule has 0 spiro atoms. The van der Waals surface area contributed by atoms with E-state index in [-0.39, 0.29) is 18.3 Å². The molecule has 0 amide bonds. The Bertz CT molecular complexity index is 266. The van der Waals surface area contributed by atoms with Crippen molar-refractivity contribution >= 4 is 13.4 Å². The molecule has 0 bridgehead atoms. The second kappa shape index (κ2) is 4.10. The first-order valence-electron chi connectivity index (χ1n) is 5.25. The van der Waals surface area contributed by atoms with Gasteiger partial charge in [0.1, 0.15) is 6.29 Å². The minimum atomic E-state index is -0.338. The van der Waals surface area contributed by atoms with Gasteiger partial charge in [-0.25, -0.2) is 0 Å². The summed E-state index contributed by atoms with van der Waals surface area (Å²) in [6, 6.07) is 0. The molecule has 1 saturated heterocycles. The second-order valence-corrected chi connectivity index (χ2v) is 5.01. The Morgan fingerprint density at radius 3 is 2.07 bits per heavy atom. The molecule has 0 radical (unpaired) electrons. The topological polar surface area (TPSA) is 35.5 Å². The van der Waals surface area contributed by atoms with Crippen LogP contribution in [0.1, 0.15) is 41.0 Å². The molecule has 0 atom stereocenters. The Labute approximate surface area is 92.0 Å². The van der Waals surface area contributed by atoms with Crippen LogP contribution in [0.4, 0.5) is 0 Å². The normalized spacial score (nSPS) is 24.3. The van der Waals surface area contributed by atoms with E-state index >= 15 is 0 Å². The lowest BCUT2D eigenvalue weighted by molar-refractivity contribution is -0.107. The summed E-state index contributed by atoms with van der Waals surface area (Å²) in [5.74, 6) is 1.87. The number of carbonyl (C=O) groups is 1. The molecule has 0 N–H and O–H groups in total. The van der Waals surface area contributed by atoms with Crippen LogP contribution < -0.4 is 0 Å². The molecular formula is C11H19BO3. The van der Waals surface area contributed by atoms with E-state index in [4.69, 9.17) is 9.31 Å². The van der Waals surface area contributed by atoms with Crippen LogP contribution in [0.25, 0.3) is 0 Å². The van der Waals surface area contributed by atoms with Gasteiger partial charge in [0.05, 0.1) is 11.2 Å². The van der Waals surface area contributed by atoms with Gasteiger partial charge in [-0.3, -0.25) is 0 Å². The first kappa shape index (κ1) is 12.5. The van der Waals surface area contributed by atoms with Crippen molar-refractivity contribution in [2.75, 3.05) is 0 Å². The quantitative estimate of drug-likeness (QED) is 0.528. The van der Waals surface area contributed by atoms with Crippen molar-refractivity contribution < 1.29 is 14.1 Å². The van der Waals surface area contributed by atoms with E-state index in [1.807, 2.05) is 40.6 Å². The van der Waals surface area contributed by atoms with Crippen molar-refractivity contribution in [1.82, 2.24) is 0 Å². The molecule has 0 aliphatic carbocycles. The SMILES string of the molecule is C/C(=C\B1OC(C)(C)C(C)(C)O1)CC=O. The third-order valence-corrected chi connectivity index (χ3v) is 3.10. The fraction of sp³-hybridized carbons (Fsp3) is 0.727. The van der Waals surface area contributed by atoms with E-state index in [1.54, 1.807) is 0 Å². The first-order valence-corrected chi connectivity index (χ1v) is 5.25. The lowest BCUT2D eigenvalue weighted by Crippen LogP contribution is -2.41. The molecule has 1 aliphatic rings. The van der Waals surface area contributed by atoms with E-state index in [2.05, 4.69) is 0 Å². The Kier molecular flexibility index (Phi) is 3.41. The van der Waals surface area contributed by atoms with Gasteiger partial charge in [-0.15, -0.1) is 0 Å². The highest BCUT2D eigenvalue weighted by atomic mass is 16.7. The highest BCUT2D eigenvalue weighted by Crippen LogP contribution is 2.37. The van der Waals surface area contributed by atoms with Crippen molar-refractivity contribution in [3.63, 3.8) is 0 Å². The summed E-state index contributed by atoms with van der Waals surface area (Å²) < 4.78 is 11.5. The molecule has 1 aliphatic heterocycles. The molecule has 1 heterocycles. The predicted octanol–water partition coefficient (Wildman–Crippen LogP) is 2.15. The molecule has 3 nitrogen and oxygen atoms in total. The summed E-state index contributed by atoms with van der Waals surface area (Å²) in [6.07, 6.45) is 1.32. The fourth-order valence-electron chi connectivity index (χ4n) is 1.39. The summed E-state index contributed by atoms with van der Waals surface area (Å²) >= 11 is 0. The van der Waals surface area contributed by atoms with Gasteiger partial charge in [-0.1, -0.05) is 11.5 Å². The molecule has 84 valence electrons. The summed E-state index contributed by atoms with van der Waals surface area (Å²) in [4.78, 5) is 10.3. The zero-order valence-electron chi connectivity index (χ0n) is 10.2. The second-order valence-electron chi connectivity index (χ2n) is 5.01. The van der Waals surface area contributed by atoms with Gasteiger partial charge >= 0.3 is 7.12 Å². The fourth-order valence-corrected chi connectivity index (χ4v) is 1.39. The van der Waals surface area contributed by atoms with Crippen LogP contribution in [-0.4, -0.2) is 24.6 Å². The van der Waals surface area contributed by atoms with E-state index in [9.17, 15) is 4.79 Å². The molecule has 0 aromatic heterocycles. The van der Waals surface area contributed by atoms with Gasteiger partial charge in [0.15, 0.2) is 0 Å². The average Bonchev–Trinajstić information content (AvgIpc) is 2.19. The highest BCUT2D eigenvalue weighted by Gasteiger charge is 2.50. The van der Waals surface area contributed by atoms with E-state index in [0.29, 0.717) is 6.42 Å². The van der Waals surface area contributed by atoms with Crippen LogP contribution in [0, 0.1) is 0 Å². The third-order valence-electron chi connectivity index (χ3n) is 3.10. The zero-order valence-corrected chi connectivity index (χ0v) is 10.2. The minimum absolute atomic E-state index is 0.310. The Morgan fingerprint density at radius 1 is 1.20 bits per heavy atom. The van der Waals surface area contributed by atoms with Crippen LogP contribution in [0.2, 0.25) is 0 Å². The monoisotopic (exact) mass is 210 g/mol. The molecule has 15 heavy (non-hydrogen) atoms. The van der Waals surface area contributed by atoms with E-state index in [1.165, 1.54) is 0 Å². The van der Waals surface area contributed by atoms with Crippen LogP contribution >= 0.6 is 0 Å². The van der Waals surface area contributed by atoms with Gasteiger partial charge < -0.3 is 14.1 Å². The van der Waals surface area contributed by atoms with Gasteiger partial charge in [-0.2, -0.15) is 0 Å². The van der Waals surface area contributed by atoms with Crippen molar-refractivity contribution in [1.29, 1.82) is 0 Å². The molecule has 0 aromatic carbocycles. The van der Waals surface area contributed by atoms with Crippen LogP contribution in [0.5, 0.6) is 0 Å². The third kappa shape index (κ3) is 2.70. The van der Waals surface area contributed by atoms with Gasteiger partial charge in [0.2, 0.25) is 0 Å². The Hall–Kier alpha value is -0.605. The van der Waals surface area contributed by atoms with Crippen molar-refractivity contribution in [2.45, 2.75) is 52.2 Å². The predicted molar refractivity (Wildman–Crippen MR) is 60.5 cm³/mol. The summed E-state index contributed by atoms with van der Waals surface area (Å²) in [5, 5.41) is 0. The molecule has 0 aromatic rings. The number of aldehydes is 1. The number of hydrogen-bond acceptors (Lipinski definition) is 3. The zero-order chi connectivity index (χ0) is 11.7. The molecular weight excluding hydrogens is 191 g/mol. The van der Waals surface area contributed by atoms with Crippen molar-refractivity contribution in [3.8, 4) is 0 Å². The number of rotatable bonds is 3. The van der Waals surface area contributed by atoms with Crippen LogP contribution in [-0.2, 0) is 14.1 Å². The Morgan fingerprint density at radius 2 is 1.67 bits per heavy atom. The van der Waals surface area contributed by atoms with Crippen molar-refractivity contribution in [3.05, 3.63) is 11.5 Å². The molecule has 0 unspecified atom stereocenters. The molecule has 1 fully saturated rings. The van der Waals surface area contributed by atoms with Gasteiger partial charge in [0.25, 0.3) is 0 Å². The summed E-state index contributed by atoms with van der Waals surface area (Å²) in [5.41, 5.74) is 0.356. The minimum Gasteiger partial charge on any atom is -0.400 e. The first-order chi connectivity index (χ1) is 6.78. The Balaban J connectivity index is 2.71. The number of carbonyl (C=O) groups excluding carboxylic acids is 1. The lowest BCUT2D eigenvalue weighted by Gasteiger charge is -2.32. The van der Waals surface area contributed by atoms with Crippen LogP contribution in [0.3, 0.4) is 0 Å². The maximum Gasteiger partial charge on any atom is 0.487 e. The maximum atomic E-state index is 10.3. The van der Waals surface area contributed by atoms with Gasteiger partial charge in [-0.05, 0) is 34.6 Å². The molecule has 1 rings (SSSR count). The lowest BCUT2D eigenvalue weighted by atomic mass is 9.87. The summed E-state index contributed by atoms with van der Waals surface area (Å²) in [7, 11) is -0.338. The number of hydrogen-bond donors (Lipinski definition) is 0. The molecule has 4 heteroatoms. The maximum absolute atomic E-state index is 10.3. The van der Waals surface area contributed by atoms with E-state index in [0.717, 1.165) is 11.9 Å². The molecule has 0 saturated carbocycles. The number of allylic oxidation sites excluding steroid dienone is 1. The standard InChI is InChI=1S/C11H19BO3/c1-9(6-7-13)8-12-14-10(2,3)11(4,5)15-12/h7-8H,6H2,1-5H3/b9-8+. The highest BCUT2D eigenvalue weighted by molar-refractivity contribution is 6.51. The van der Waals surface area contributed by atoms with Crippen LogP contribution in [0.15, 0.2) is 11.5 Å².